The van der Waals surface area contributed by atoms with Gasteiger partial charge in [0.15, 0.2) is 0 Å². The van der Waals surface area contributed by atoms with Gasteiger partial charge in [-0.3, -0.25) is 9.69 Å². The molecule has 2 saturated heterocycles. The quantitative estimate of drug-likeness (QED) is 0.735. The van der Waals surface area contributed by atoms with Gasteiger partial charge < -0.3 is 20.1 Å². The molecule has 0 aromatic heterocycles. The third-order valence-corrected chi connectivity index (χ3v) is 4.10. The first-order valence-electron chi connectivity index (χ1n) is 7.46. The van der Waals surface area contributed by atoms with E-state index in [1.165, 1.54) is 0 Å². The molecule has 2 fully saturated rings. The van der Waals surface area contributed by atoms with Crippen molar-refractivity contribution in [1.82, 2.24) is 15.5 Å². The van der Waals surface area contributed by atoms with Gasteiger partial charge >= 0.3 is 0 Å². The summed E-state index contributed by atoms with van der Waals surface area (Å²) in [7, 11) is 0. The van der Waals surface area contributed by atoms with E-state index >= 15 is 0 Å². The highest BCUT2D eigenvalue weighted by molar-refractivity contribution is 5.82. The minimum absolute atomic E-state index is 0.0308. The van der Waals surface area contributed by atoms with Crippen molar-refractivity contribution in [2.24, 2.45) is 0 Å². The van der Waals surface area contributed by atoms with E-state index in [4.69, 9.17) is 9.47 Å². The highest BCUT2D eigenvalue weighted by Gasteiger charge is 2.31. The number of nitrogens with one attached hydrogen (secondary N) is 2. The van der Waals surface area contributed by atoms with Crippen LogP contribution in [0.5, 0.6) is 0 Å². The number of amides is 1. The fraction of sp³-hybridized carbons (Fsp3) is 0.929. The van der Waals surface area contributed by atoms with Crippen LogP contribution < -0.4 is 10.6 Å². The predicted octanol–water partition coefficient (Wildman–Crippen LogP) is -0.410. The smallest absolute Gasteiger partial charge is 0.239 e. The zero-order valence-electron chi connectivity index (χ0n) is 12.8. The van der Waals surface area contributed by atoms with E-state index < -0.39 is 0 Å². The summed E-state index contributed by atoms with van der Waals surface area (Å²) in [6.07, 6.45) is -0.0661. The van der Waals surface area contributed by atoms with Crippen LogP contribution >= 0.6 is 0 Å². The summed E-state index contributed by atoms with van der Waals surface area (Å²) in [6, 6.07) is -0.235. The van der Waals surface area contributed by atoms with Crippen LogP contribution in [-0.2, 0) is 14.3 Å². The Morgan fingerprint density at radius 3 is 2.95 bits per heavy atom. The zero-order valence-corrected chi connectivity index (χ0v) is 12.8. The number of nitrogens with zero attached hydrogens (tertiary/aromatic N) is 1. The average Bonchev–Trinajstić information content (AvgIpc) is 2.41. The number of hydrogen-bond donors (Lipinski definition) is 2. The van der Waals surface area contributed by atoms with Gasteiger partial charge in [-0.05, 0) is 20.8 Å². The molecule has 0 aliphatic carbocycles. The van der Waals surface area contributed by atoms with E-state index in [1.54, 1.807) is 0 Å². The van der Waals surface area contributed by atoms with Gasteiger partial charge in [-0.15, -0.1) is 0 Å². The van der Waals surface area contributed by atoms with Gasteiger partial charge in [0.25, 0.3) is 0 Å². The number of ether oxygens (including phenoxy) is 2. The molecule has 2 aliphatic heterocycles. The first-order valence-corrected chi connectivity index (χ1v) is 7.46. The van der Waals surface area contributed by atoms with Gasteiger partial charge in [0.2, 0.25) is 5.91 Å². The van der Waals surface area contributed by atoms with Crippen LogP contribution in [0.25, 0.3) is 0 Å². The number of carbonyl (C=O) groups is 1. The second-order valence-electron chi connectivity index (χ2n) is 6.15. The topological polar surface area (TPSA) is 62.8 Å². The van der Waals surface area contributed by atoms with Crippen LogP contribution in [0.15, 0.2) is 0 Å². The van der Waals surface area contributed by atoms with Gasteiger partial charge in [-0.1, -0.05) is 0 Å². The van der Waals surface area contributed by atoms with E-state index in [-0.39, 0.29) is 23.6 Å². The van der Waals surface area contributed by atoms with E-state index in [9.17, 15) is 4.79 Å². The van der Waals surface area contributed by atoms with Gasteiger partial charge in [0.05, 0.1) is 25.9 Å². The van der Waals surface area contributed by atoms with E-state index in [0.29, 0.717) is 13.2 Å². The number of hydrogen-bond acceptors (Lipinski definition) is 5. The van der Waals surface area contributed by atoms with Crippen molar-refractivity contribution in [3.05, 3.63) is 0 Å². The Morgan fingerprint density at radius 2 is 2.25 bits per heavy atom. The molecule has 2 atom stereocenters. The lowest BCUT2D eigenvalue weighted by atomic mass is 10.0. The lowest BCUT2D eigenvalue weighted by Crippen LogP contribution is -2.58. The van der Waals surface area contributed by atoms with Crippen molar-refractivity contribution >= 4 is 5.91 Å². The molecule has 2 rings (SSSR count). The lowest BCUT2D eigenvalue weighted by Gasteiger charge is -2.42. The fourth-order valence-corrected chi connectivity index (χ4v) is 2.76. The van der Waals surface area contributed by atoms with Crippen molar-refractivity contribution in [2.45, 2.75) is 38.5 Å². The Labute approximate surface area is 121 Å². The molecule has 0 aromatic rings. The number of rotatable bonds is 4. The molecule has 1 amide bonds. The molecule has 6 heteroatoms. The van der Waals surface area contributed by atoms with Gasteiger partial charge in [-0.2, -0.15) is 0 Å². The second-order valence-corrected chi connectivity index (χ2v) is 6.15. The van der Waals surface area contributed by atoms with E-state index in [2.05, 4.69) is 29.4 Å². The number of morpholine rings is 2. The van der Waals surface area contributed by atoms with Gasteiger partial charge in [0.1, 0.15) is 6.04 Å². The molecule has 0 saturated carbocycles. The van der Waals surface area contributed by atoms with Gasteiger partial charge in [-0.25, -0.2) is 0 Å². The summed E-state index contributed by atoms with van der Waals surface area (Å²) in [6.45, 7) is 11.6. The molecule has 0 unspecified atom stereocenters. The molecular weight excluding hydrogens is 258 g/mol. The third-order valence-electron chi connectivity index (χ3n) is 4.10. The largest absolute Gasteiger partial charge is 0.378 e. The zero-order chi connectivity index (χ0) is 14.6. The fourth-order valence-electron chi connectivity index (χ4n) is 2.76. The van der Waals surface area contributed by atoms with Crippen LogP contribution in [0.4, 0.5) is 0 Å². The summed E-state index contributed by atoms with van der Waals surface area (Å²) in [5.41, 5.74) is 0.0441. The first-order chi connectivity index (χ1) is 9.50. The van der Waals surface area contributed by atoms with Crippen LogP contribution in [-0.4, -0.2) is 74.5 Å². The molecule has 0 radical (unpaired) electrons. The molecule has 2 aliphatic rings. The summed E-state index contributed by atoms with van der Waals surface area (Å²) >= 11 is 0. The lowest BCUT2D eigenvalue weighted by molar-refractivity contribution is -0.129. The van der Waals surface area contributed by atoms with Crippen LogP contribution in [0, 0.1) is 0 Å². The standard InChI is InChI=1S/C14H27N3O3/c1-11-12(15-5-8-20-11)13(18)16-4-6-17-7-9-19-10-14(17,2)3/h11-12,15H,4-10H2,1-3H3,(H,16,18)/t11-,12+/m1/s1. The Morgan fingerprint density at radius 1 is 1.45 bits per heavy atom. The van der Waals surface area contributed by atoms with Crippen molar-refractivity contribution in [2.75, 3.05) is 46.0 Å². The first kappa shape index (κ1) is 15.7. The van der Waals surface area contributed by atoms with E-state index in [1.807, 2.05) is 6.92 Å². The molecule has 6 nitrogen and oxygen atoms in total. The van der Waals surface area contributed by atoms with Gasteiger partial charge in [0, 0.05) is 31.7 Å². The maximum atomic E-state index is 12.1. The molecule has 0 bridgehead atoms. The Hall–Kier alpha value is -0.690. The third kappa shape index (κ3) is 3.91. The predicted molar refractivity (Wildman–Crippen MR) is 76.7 cm³/mol. The molecular formula is C14H27N3O3. The summed E-state index contributed by atoms with van der Waals surface area (Å²) in [5, 5.41) is 6.21. The molecule has 20 heavy (non-hydrogen) atoms. The van der Waals surface area contributed by atoms with Crippen LogP contribution in [0.1, 0.15) is 20.8 Å². The Bertz CT molecular complexity index is 336. The van der Waals surface area contributed by atoms with Crippen molar-refractivity contribution < 1.29 is 14.3 Å². The minimum Gasteiger partial charge on any atom is -0.378 e. The van der Waals surface area contributed by atoms with Crippen molar-refractivity contribution in [3.63, 3.8) is 0 Å². The maximum absolute atomic E-state index is 12.1. The average molecular weight is 285 g/mol. The SMILES string of the molecule is C[C@H]1OCCN[C@@H]1C(=O)NCCN1CCOCC1(C)C. The minimum atomic E-state index is -0.235. The van der Waals surface area contributed by atoms with Crippen LogP contribution in [0.3, 0.4) is 0 Å². The Kier molecular flexibility index (Phi) is 5.37. The summed E-state index contributed by atoms with van der Waals surface area (Å²) in [4.78, 5) is 14.5. The monoisotopic (exact) mass is 285 g/mol. The van der Waals surface area contributed by atoms with E-state index in [0.717, 1.165) is 32.8 Å². The van der Waals surface area contributed by atoms with Crippen molar-refractivity contribution in [3.8, 4) is 0 Å². The number of carbonyl (C=O) groups excluding carboxylic acids is 1. The summed E-state index contributed by atoms with van der Waals surface area (Å²) in [5.74, 6) is 0.0308. The highest BCUT2D eigenvalue weighted by atomic mass is 16.5. The summed E-state index contributed by atoms with van der Waals surface area (Å²) < 4.78 is 11.0. The molecule has 0 spiro atoms. The maximum Gasteiger partial charge on any atom is 0.239 e. The van der Waals surface area contributed by atoms with Crippen molar-refractivity contribution in [1.29, 1.82) is 0 Å². The molecule has 2 N–H and O–H groups in total. The molecule has 116 valence electrons. The molecule has 0 aromatic carbocycles. The molecule has 2 heterocycles. The highest BCUT2D eigenvalue weighted by Crippen LogP contribution is 2.17. The normalized spacial score (nSPS) is 30.9. The Balaban J connectivity index is 1.73. The second kappa shape index (κ2) is 6.85. The van der Waals surface area contributed by atoms with Crippen LogP contribution in [0.2, 0.25) is 0 Å².